The maximum Gasteiger partial charge on any atom is 0.272 e. The van der Waals surface area contributed by atoms with Crippen LogP contribution in [0.15, 0.2) is 47.1 Å². The number of rotatable bonds is 2. The Hall–Kier alpha value is -2.89. The van der Waals surface area contributed by atoms with E-state index in [2.05, 4.69) is 15.5 Å². The molecule has 104 valence electrons. The van der Waals surface area contributed by atoms with Gasteiger partial charge in [-0.2, -0.15) is 5.10 Å². The number of aromatic nitrogens is 2. The Morgan fingerprint density at radius 3 is 2.90 bits per heavy atom. The number of benzene rings is 1. The molecule has 0 spiro atoms. The second-order valence-electron chi connectivity index (χ2n) is 4.80. The molecule has 3 heterocycles. The quantitative estimate of drug-likeness (QED) is 0.759. The summed E-state index contributed by atoms with van der Waals surface area (Å²) >= 11 is 0. The molecule has 0 saturated heterocycles. The van der Waals surface area contributed by atoms with Crippen molar-refractivity contribution in [1.82, 2.24) is 15.5 Å². The molecule has 3 aromatic rings. The molecule has 0 radical (unpaired) electrons. The first-order chi connectivity index (χ1) is 10.2. The molecule has 1 aliphatic heterocycles. The van der Waals surface area contributed by atoms with Crippen LogP contribution in [-0.2, 0) is 0 Å². The summed E-state index contributed by atoms with van der Waals surface area (Å²) in [6, 6.07) is 9.23. The number of fused-ring (bicyclic) bond motifs is 1. The third-order valence-electron chi connectivity index (χ3n) is 3.53. The van der Waals surface area contributed by atoms with Crippen molar-refractivity contribution >= 4 is 5.91 Å². The summed E-state index contributed by atoms with van der Waals surface area (Å²) in [5.74, 6) is -0.0480. The van der Waals surface area contributed by atoms with E-state index in [1.165, 1.54) is 12.1 Å². The van der Waals surface area contributed by atoms with Crippen LogP contribution < -0.4 is 5.32 Å². The average molecular weight is 283 g/mol. The monoisotopic (exact) mass is 283 g/mol. The lowest BCUT2D eigenvalue weighted by molar-refractivity contribution is 0.0955. The average Bonchev–Trinajstić information content (AvgIpc) is 3.16. The normalized spacial score (nSPS) is 16.8. The predicted molar refractivity (Wildman–Crippen MR) is 72.0 cm³/mol. The maximum atomic E-state index is 13.4. The van der Waals surface area contributed by atoms with Crippen LogP contribution in [-0.4, -0.2) is 16.1 Å². The topological polar surface area (TPSA) is 70.9 Å². The van der Waals surface area contributed by atoms with E-state index in [4.69, 9.17) is 4.42 Å². The van der Waals surface area contributed by atoms with Crippen LogP contribution in [0.4, 0.5) is 4.39 Å². The molecule has 1 unspecified atom stereocenters. The first-order valence-corrected chi connectivity index (χ1v) is 6.42. The lowest BCUT2D eigenvalue weighted by Crippen LogP contribution is -2.21. The van der Waals surface area contributed by atoms with Crippen molar-refractivity contribution < 1.29 is 13.6 Å². The Morgan fingerprint density at radius 1 is 1.24 bits per heavy atom. The molecular weight excluding hydrogens is 273 g/mol. The van der Waals surface area contributed by atoms with E-state index in [1.54, 1.807) is 30.5 Å². The number of H-pyrrole nitrogens is 1. The van der Waals surface area contributed by atoms with E-state index in [1.807, 2.05) is 0 Å². The number of nitrogens with zero attached hydrogens (tertiary/aromatic N) is 1. The van der Waals surface area contributed by atoms with E-state index in [0.29, 0.717) is 28.3 Å². The zero-order valence-corrected chi connectivity index (χ0v) is 10.8. The summed E-state index contributed by atoms with van der Waals surface area (Å²) in [7, 11) is 0. The van der Waals surface area contributed by atoms with Crippen LogP contribution in [0.25, 0.3) is 11.5 Å². The Balaban J connectivity index is 1.88. The van der Waals surface area contributed by atoms with E-state index in [-0.39, 0.29) is 11.7 Å². The number of hydrogen-bond acceptors (Lipinski definition) is 3. The largest absolute Gasteiger partial charge is 0.463 e. The fourth-order valence-corrected chi connectivity index (χ4v) is 2.62. The van der Waals surface area contributed by atoms with Crippen LogP contribution in [0, 0.1) is 5.82 Å². The molecule has 4 rings (SSSR count). The van der Waals surface area contributed by atoms with Gasteiger partial charge in [-0.25, -0.2) is 4.39 Å². The highest BCUT2D eigenvalue weighted by atomic mass is 19.1. The molecule has 0 fully saturated rings. The van der Waals surface area contributed by atoms with Crippen molar-refractivity contribution in [2.45, 2.75) is 6.04 Å². The summed E-state index contributed by atoms with van der Waals surface area (Å²) in [6.07, 6.45) is 1.55. The van der Waals surface area contributed by atoms with Crippen molar-refractivity contribution in [1.29, 1.82) is 0 Å². The van der Waals surface area contributed by atoms with Crippen LogP contribution in [0.2, 0.25) is 0 Å². The standard InChI is InChI=1S/C15H10FN3O2/c16-9-4-1-3-8(7-9)12-11-13(10-5-2-6-21-10)18-19-14(11)15(20)17-12/h1-7,12H,(H,17,20)(H,18,19). The Morgan fingerprint density at radius 2 is 2.14 bits per heavy atom. The highest BCUT2D eigenvalue weighted by Crippen LogP contribution is 2.37. The van der Waals surface area contributed by atoms with Crippen molar-refractivity contribution in [3.05, 3.63) is 65.3 Å². The predicted octanol–water partition coefficient (Wildman–Crippen LogP) is 2.64. The van der Waals surface area contributed by atoms with E-state index >= 15 is 0 Å². The Bertz CT molecular complexity index is 823. The molecule has 2 N–H and O–H groups in total. The van der Waals surface area contributed by atoms with Gasteiger partial charge in [-0.15, -0.1) is 0 Å². The fraction of sp³-hybridized carbons (Fsp3) is 0.0667. The first kappa shape index (κ1) is 11.9. The third-order valence-corrected chi connectivity index (χ3v) is 3.53. The van der Waals surface area contributed by atoms with Gasteiger partial charge in [0.2, 0.25) is 0 Å². The second-order valence-corrected chi connectivity index (χ2v) is 4.80. The molecular formula is C15H10FN3O2. The number of furan rings is 1. The number of halogens is 1. The summed E-state index contributed by atoms with van der Waals surface area (Å²) in [4.78, 5) is 12.0. The summed E-state index contributed by atoms with van der Waals surface area (Å²) < 4.78 is 18.8. The lowest BCUT2D eigenvalue weighted by atomic mass is 9.99. The number of carbonyl (C=O) groups excluding carboxylic acids is 1. The van der Waals surface area contributed by atoms with Gasteiger partial charge in [-0.05, 0) is 29.8 Å². The summed E-state index contributed by atoms with van der Waals surface area (Å²) in [6.45, 7) is 0. The molecule has 1 aromatic carbocycles. The smallest absolute Gasteiger partial charge is 0.272 e. The number of hydrogen-bond donors (Lipinski definition) is 2. The van der Waals surface area contributed by atoms with Gasteiger partial charge < -0.3 is 9.73 Å². The number of aromatic amines is 1. The highest BCUT2D eigenvalue weighted by molar-refractivity contribution is 5.99. The molecule has 0 aliphatic carbocycles. The van der Waals surface area contributed by atoms with E-state index < -0.39 is 6.04 Å². The van der Waals surface area contributed by atoms with Crippen LogP contribution in [0.1, 0.15) is 27.7 Å². The SMILES string of the molecule is O=C1NC(c2cccc(F)c2)c2c1n[nH]c2-c1ccco1. The molecule has 5 nitrogen and oxygen atoms in total. The number of carbonyl (C=O) groups is 1. The van der Waals surface area contributed by atoms with Gasteiger partial charge in [0.1, 0.15) is 11.5 Å². The van der Waals surface area contributed by atoms with Gasteiger partial charge in [0.15, 0.2) is 11.5 Å². The molecule has 1 aliphatic rings. The third kappa shape index (κ3) is 1.76. The van der Waals surface area contributed by atoms with E-state index in [9.17, 15) is 9.18 Å². The summed E-state index contributed by atoms with van der Waals surface area (Å²) in [5, 5.41) is 9.68. The van der Waals surface area contributed by atoms with Gasteiger partial charge in [0.05, 0.1) is 12.3 Å². The van der Waals surface area contributed by atoms with Crippen molar-refractivity contribution in [2.75, 3.05) is 0 Å². The van der Waals surface area contributed by atoms with Crippen LogP contribution in [0.3, 0.4) is 0 Å². The van der Waals surface area contributed by atoms with Gasteiger partial charge in [0.25, 0.3) is 5.91 Å². The zero-order chi connectivity index (χ0) is 14.4. The first-order valence-electron chi connectivity index (χ1n) is 6.42. The molecule has 21 heavy (non-hydrogen) atoms. The van der Waals surface area contributed by atoms with Crippen molar-refractivity contribution in [2.24, 2.45) is 0 Å². The highest BCUT2D eigenvalue weighted by Gasteiger charge is 2.36. The van der Waals surface area contributed by atoms with Gasteiger partial charge in [-0.1, -0.05) is 12.1 Å². The number of nitrogens with one attached hydrogen (secondary N) is 2. The van der Waals surface area contributed by atoms with E-state index in [0.717, 1.165) is 0 Å². The second kappa shape index (κ2) is 4.31. The Kier molecular flexibility index (Phi) is 2.44. The molecule has 6 heteroatoms. The molecule has 2 aromatic heterocycles. The van der Waals surface area contributed by atoms with Crippen LogP contribution in [0.5, 0.6) is 0 Å². The summed E-state index contributed by atoms with van der Waals surface area (Å²) in [5.41, 5.74) is 2.29. The van der Waals surface area contributed by atoms with Gasteiger partial charge in [-0.3, -0.25) is 9.89 Å². The molecule has 1 amide bonds. The number of amides is 1. The van der Waals surface area contributed by atoms with Gasteiger partial charge >= 0.3 is 0 Å². The minimum Gasteiger partial charge on any atom is -0.463 e. The minimum atomic E-state index is -0.443. The maximum absolute atomic E-state index is 13.4. The Labute approximate surface area is 118 Å². The molecule has 0 saturated carbocycles. The van der Waals surface area contributed by atoms with Crippen molar-refractivity contribution in [3.63, 3.8) is 0 Å². The lowest BCUT2D eigenvalue weighted by Gasteiger charge is -2.12. The minimum absolute atomic E-state index is 0.284. The van der Waals surface area contributed by atoms with Crippen molar-refractivity contribution in [3.8, 4) is 11.5 Å². The zero-order valence-electron chi connectivity index (χ0n) is 10.8. The molecule has 0 bridgehead atoms. The van der Waals surface area contributed by atoms with Gasteiger partial charge in [0, 0.05) is 5.56 Å². The fourth-order valence-electron chi connectivity index (χ4n) is 2.62. The van der Waals surface area contributed by atoms with Crippen LogP contribution >= 0.6 is 0 Å². The molecule has 1 atom stereocenters.